The number of aromatic nitrogens is 2. The van der Waals surface area contributed by atoms with Crippen molar-refractivity contribution in [2.24, 2.45) is 0 Å². The van der Waals surface area contributed by atoms with Crippen molar-refractivity contribution in [1.82, 2.24) is 9.38 Å². The molecule has 6 aromatic rings. The fourth-order valence-electron chi connectivity index (χ4n) is 4.93. The lowest BCUT2D eigenvalue weighted by Crippen LogP contribution is -1.94. The molecule has 158 valence electrons. The van der Waals surface area contributed by atoms with Crippen molar-refractivity contribution in [3.63, 3.8) is 0 Å². The van der Waals surface area contributed by atoms with Gasteiger partial charge in [0.15, 0.2) is 0 Å². The number of hydrogen-bond acceptors (Lipinski definition) is 1. The van der Waals surface area contributed by atoms with Gasteiger partial charge in [0.05, 0.1) is 11.2 Å². The molecule has 0 aliphatic heterocycles. The monoisotopic (exact) mass is 424 g/mol. The molecule has 0 spiro atoms. The van der Waals surface area contributed by atoms with Gasteiger partial charge in [-0.3, -0.25) is 4.40 Å². The van der Waals surface area contributed by atoms with Gasteiger partial charge < -0.3 is 0 Å². The molecule has 6 rings (SSSR count). The summed E-state index contributed by atoms with van der Waals surface area (Å²) in [6.07, 6.45) is 4.07. The zero-order chi connectivity index (χ0) is 22.5. The maximum absolute atomic E-state index is 5.12. The predicted octanol–water partition coefficient (Wildman–Crippen LogP) is 8.23. The number of nitrogens with zero attached hydrogens (tertiary/aromatic N) is 2. The molecule has 0 unspecified atom stereocenters. The largest absolute Gasteiger partial charge is 0.298 e. The van der Waals surface area contributed by atoms with Crippen LogP contribution in [-0.2, 0) is 0 Å². The standard InChI is InChI=1S/C31H24N2/c1-4-22-13-15-23(16-14-22)24-17-21(3)30-28(18-24)26-11-7-8-12-27(26)31-32-29(19-33(30)31)25-10-6-5-9-20(25)2/h4-19H,1H2,2-3H3. The van der Waals surface area contributed by atoms with E-state index >= 15 is 0 Å². The van der Waals surface area contributed by atoms with Crippen LogP contribution in [0.15, 0.2) is 97.7 Å². The molecule has 2 nitrogen and oxygen atoms in total. The first-order chi connectivity index (χ1) is 16.1. The number of rotatable bonds is 3. The van der Waals surface area contributed by atoms with Gasteiger partial charge in [0.25, 0.3) is 0 Å². The van der Waals surface area contributed by atoms with Gasteiger partial charge in [-0.05, 0) is 59.2 Å². The first-order valence-corrected chi connectivity index (χ1v) is 11.3. The Morgan fingerprint density at radius 1 is 0.727 bits per heavy atom. The molecule has 2 heteroatoms. The van der Waals surface area contributed by atoms with Crippen molar-refractivity contribution in [2.45, 2.75) is 13.8 Å². The minimum atomic E-state index is 1.00. The first-order valence-electron chi connectivity index (χ1n) is 11.3. The highest BCUT2D eigenvalue weighted by Crippen LogP contribution is 2.36. The molecule has 33 heavy (non-hydrogen) atoms. The van der Waals surface area contributed by atoms with E-state index < -0.39 is 0 Å². The molecule has 0 saturated heterocycles. The van der Waals surface area contributed by atoms with Crippen molar-refractivity contribution >= 4 is 33.4 Å². The maximum Gasteiger partial charge on any atom is 0.145 e. The number of hydrogen-bond donors (Lipinski definition) is 0. The van der Waals surface area contributed by atoms with E-state index in [-0.39, 0.29) is 0 Å². The van der Waals surface area contributed by atoms with Crippen molar-refractivity contribution in [2.75, 3.05) is 0 Å². The molecule has 0 radical (unpaired) electrons. The lowest BCUT2D eigenvalue weighted by atomic mass is 9.96. The quantitative estimate of drug-likeness (QED) is 0.262. The van der Waals surface area contributed by atoms with Crippen molar-refractivity contribution < 1.29 is 0 Å². The molecule has 0 amide bonds. The Morgan fingerprint density at radius 2 is 1.45 bits per heavy atom. The van der Waals surface area contributed by atoms with Gasteiger partial charge in [-0.1, -0.05) is 85.5 Å². The second-order valence-electron chi connectivity index (χ2n) is 8.70. The predicted molar refractivity (Wildman–Crippen MR) is 141 cm³/mol. The Morgan fingerprint density at radius 3 is 2.21 bits per heavy atom. The third kappa shape index (κ3) is 3.07. The van der Waals surface area contributed by atoms with E-state index in [1.165, 1.54) is 49.5 Å². The van der Waals surface area contributed by atoms with Crippen molar-refractivity contribution in [1.29, 1.82) is 0 Å². The Kier molecular flexibility index (Phi) is 4.41. The number of pyridine rings is 1. The van der Waals surface area contributed by atoms with E-state index in [1.807, 2.05) is 6.08 Å². The van der Waals surface area contributed by atoms with E-state index in [4.69, 9.17) is 4.98 Å². The van der Waals surface area contributed by atoms with Gasteiger partial charge >= 0.3 is 0 Å². The van der Waals surface area contributed by atoms with Gasteiger partial charge in [-0.15, -0.1) is 0 Å². The second-order valence-corrected chi connectivity index (χ2v) is 8.70. The molecule has 0 aliphatic carbocycles. The lowest BCUT2D eigenvalue weighted by molar-refractivity contribution is 1.25. The molecule has 4 aromatic carbocycles. The summed E-state index contributed by atoms with van der Waals surface area (Å²) in [4.78, 5) is 5.12. The first kappa shape index (κ1) is 19.5. The van der Waals surface area contributed by atoms with Gasteiger partial charge in [0.1, 0.15) is 5.65 Å². The Hall–Kier alpha value is -4.17. The average molecular weight is 425 g/mol. The molecule has 0 N–H and O–H groups in total. The SMILES string of the molecule is C=Cc1ccc(-c2cc(C)c3c(c2)c2ccccc2c2nc(-c4ccccc4C)cn23)cc1. The highest BCUT2D eigenvalue weighted by atomic mass is 15.0. The number of aryl methyl sites for hydroxylation is 2. The van der Waals surface area contributed by atoms with E-state index in [1.54, 1.807) is 0 Å². The Balaban J connectivity index is 1.69. The summed E-state index contributed by atoms with van der Waals surface area (Å²) >= 11 is 0. The van der Waals surface area contributed by atoms with Crippen LogP contribution in [0, 0.1) is 13.8 Å². The highest BCUT2D eigenvalue weighted by molar-refractivity contribution is 6.13. The van der Waals surface area contributed by atoms with Crippen LogP contribution in [0.4, 0.5) is 0 Å². The minimum absolute atomic E-state index is 1.00. The molecule has 0 saturated carbocycles. The smallest absolute Gasteiger partial charge is 0.145 e. The molecule has 0 fully saturated rings. The number of benzene rings is 4. The van der Waals surface area contributed by atoms with Crippen molar-refractivity contribution in [3.8, 4) is 22.4 Å². The van der Waals surface area contributed by atoms with Crippen LogP contribution in [0.1, 0.15) is 16.7 Å². The summed E-state index contributed by atoms with van der Waals surface area (Å²) in [6.45, 7) is 8.22. The number of fused-ring (bicyclic) bond motifs is 6. The second kappa shape index (κ2) is 7.46. The van der Waals surface area contributed by atoms with Crippen molar-refractivity contribution in [3.05, 3.63) is 114 Å². The van der Waals surface area contributed by atoms with E-state index in [0.717, 1.165) is 16.9 Å². The van der Waals surface area contributed by atoms with Crippen LogP contribution in [0.25, 0.3) is 55.8 Å². The van der Waals surface area contributed by atoms with E-state index in [9.17, 15) is 0 Å². The van der Waals surface area contributed by atoms with E-state index in [2.05, 4.69) is 116 Å². The lowest BCUT2D eigenvalue weighted by Gasteiger charge is -2.13. The summed E-state index contributed by atoms with van der Waals surface area (Å²) in [5.41, 5.74) is 10.4. The van der Waals surface area contributed by atoms with Crippen LogP contribution in [0.5, 0.6) is 0 Å². The molecular formula is C31H24N2. The van der Waals surface area contributed by atoms with Crippen LogP contribution in [0.2, 0.25) is 0 Å². The molecule has 0 aliphatic rings. The fraction of sp³-hybridized carbons (Fsp3) is 0.0645. The summed E-state index contributed by atoms with van der Waals surface area (Å²) in [6, 6.07) is 30.2. The molecular weight excluding hydrogens is 400 g/mol. The number of imidazole rings is 1. The Labute approximate surface area is 193 Å². The zero-order valence-electron chi connectivity index (χ0n) is 18.8. The molecule has 2 aromatic heterocycles. The van der Waals surface area contributed by atoms with Crippen LogP contribution in [0.3, 0.4) is 0 Å². The minimum Gasteiger partial charge on any atom is -0.298 e. The molecule has 0 bridgehead atoms. The topological polar surface area (TPSA) is 17.3 Å². The molecule has 0 atom stereocenters. The third-order valence-electron chi connectivity index (χ3n) is 6.61. The van der Waals surface area contributed by atoms with Gasteiger partial charge in [0, 0.05) is 22.5 Å². The zero-order valence-corrected chi connectivity index (χ0v) is 18.8. The summed E-state index contributed by atoms with van der Waals surface area (Å²) < 4.78 is 2.28. The van der Waals surface area contributed by atoms with Gasteiger partial charge in [-0.25, -0.2) is 4.98 Å². The highest BCUT2D eigenvalue weighted by Gasteiger charge is 2.16. The third-order valence-corrected chi connectivity index (χ3v) is 6.61. The summed E-state index contributed by atoms with van der Waals surface area (Å²) in [5.74, 6) is 0. The summed E-state index contributed by atoms with van der Waals surface area (Å²) in [7, 11) is 0. The van der Waals surface area contributed by atoms with Gasteiger partial charge in [0.2, 0.25) is 0 Å². The van der Waals surface area contributed by atoms with Crippen LogP contribution >= 0.6 is 0 Å². The van der Waals surface area contributed by atoms with Crippen LogP contribution < -0.4 is 0 Å². The fourth-order valence-corrected chi connectivity index (χ4v) is 4.93. The van der Waals surface area contributed by atoms with E-state index in [0.29, 0.717) is 0 Å². The summed E-state index contributed by atoms with van der Waals surface area (Å²) in [5, 5.41) is 3.65. The average Bonchev–Trinajstić information content (AvgIpc) is 3.29. The normalized spacial score (nSPS) is 11.5. The van der Waals surface area contributed by atoms with Crippen LogP contribution in [-0.4, -0.2) is 9.38 Å². The van der Waals surface area contributed by atoms with Gasteiger partial charge in [-0.2, -0.15) is 0 Å². The molecule has 2 heterocycles. The maximum atomic E-state index is 5.12. The Bertz CT molecular complexity index is 1680.